The molecule has 0 radical (unpaired) electrons. The van der Waals surface area contributed by atoms with Crippen molar-refractivity contribution < 1.29 is 14.3 Å². The molecule has 8 heteroatoms. The van der Waals surface area contributed by atoms with E-state index in [1.807, 2.05) is 54.7 Å². The largest absolute Gasteiger partial charge is 0.410 e. The number of benzene rings is 2. The molecular weight excluding hydrogens is 370 g/mol. The van der Waals surface area contributed by atoms with Crippen molar-refractivity contribution in [2.45, 2.75) is 13.1 Å². The average molecular weight is 389 g/mol. The Morgan fingerprint density at radius 1 is 1.07 bits per heavy atom. The fourth-order valence-corrected chi connectivity index (χ4v) is 3.09. The molecule has 2 amide bonds. The maximum absolute atomic E-state index is 12.4. The highest BCUT2D eigenvalue weighted by molar-refractivity contribution is 5.87. The quantitative estimate of drug-likeness (QED) is 0.470. The van der Waals surface area contributed by atoms with Crippen molar-refractivity contribution >= 4 is 23.0 Å². The number of para-hydroxylation sites is 1. The molecule has 0 fully saturated rings. The number of hydrogen-bond donors (Lipinski definition) is 3. The molecule has 0 unspecified atom stereocenters. The zero-order valence-electron chi connectivity index (χ0n) is 15.5. The molecule has 4 aromatic rings. The topological polar surface area (TPSA) is 115 Å². The van der Waals surface area contributed by atoms with Gasteiger partial charge in [-0.05, 0) is 29.8 Å². The number of amides is 2. The summed E-state index contributed by atoms with van der Waals surface area (Å²) in [5.74, 6) is 0.720. The van der Waals surface area contributed by atoms with Crippen LogP contribution in [0.25, 0.3) is 22.6 Å². The molecule has 0 saturated heterocycles. The Balaban J connectivity index is 1.53. The molecule has 8 nitrogen and oxygen atoms in total. The van der Waals surface area contributed by atoms with Crippen molar-refractivity contribution in [1.82, 2.24) is 19.9 Å². The lowest BCUT2D eigenvalue weighted by Crippen LogP contribution is -2.27. The monoisotopic (exact) mass is 389 g/mol. The van der Waals surface area contributed by atoms with Gasteiger partial charge in [0.05, 0.1) is 11.2 Å². The maximum atomic E-state index is 12.4. The molecule has 2 heterocycles. The minimum Gasteiger partial charge on any atom is -0.408 e. The second kappa shape index (κ2) is 7.89. The van der Waals surface area contributed by atoms with E-state index in [4.69, 9.17) is 10.5 Å². The van der Waals surface area contributed by atoms with Gasteiger partial charge >= 0.3 is 6.09 Å². The average Bonchev–Trinajstić information content (AvgIpc) is 3.34. The first-order valence-electron chi connectivity index (χ1n) is 9.02. The Morgan fingerprint density at radius 3 is 2.69 bits per heavy atom. The fourth-order valence-electron chi connectivity index (χ4n) is 3.09. The van der Waals surface area contributed by atoms with Crippen LogP contribution in [0.4, 0.5) is 4.79 Å². The Bertz CT molecular complexity index is 1160. The third-order valence-corrected chi connectivity index (χ3v) is 4.40. The number of hydrogen-bond acceptors (Lipinski definition) is 4. The van der Waals surface area contributed by atoms with Gasteiger partial charge in [-0.25, -0.2) is 9.78 Å². The van der Waals surface area contributed by atoms with Crippen LogP contribution in [0.15, 0.2) is 66.9 Å². The number of nitrogens with two attached hydrogens (primary N) is 1. The lowest BCUT2D eigenvalue weighted by molar-refractivity contribution is -0.121. The van der Waals surface area contributed by atoms with E-state index in [-0.39, 0.29) is 18.2 Å². The van der Waals surface area contributed by atoms with Gasteiger partial charge in [-0.3, -0.25) is 4.79 Å². The second-order valence-electron chi connectivity index (χ2n) is 6.44. The first kappa shape index (κ1) is 18.3. The summed E-state index contributed by atoms with van der Waals surface area (Å²) < 4.78 is 6.81. The highest BCUT2D eigenvalue weighted by atomic mass is 16.5. The van der Waals surface area contributed by atoms with Gasteiger partial charge in [-0.15, -0.1) is 0 Å². The number of ether oxygens (including phenoxy) is 1. The van der Waals surface area contributed by atoms with Crippen molar-refractivity contribution in [2.24, 2.45) is 5.73 Å². The molecule has 0 aliphatic rings. The van der Waals surface area contributed by atoms with Crippen molar-refractivity contribution in [3.8, 4) is 17.3 Å². The van der Waals surface area contributed by atoms with Crippen LogP contribution in [0.3, 0.4) is 0 Å². The molecule has 0 aliphatic carbocycles. The first-order chi connectivity index (χ1) is 14.1. The lowest BCUT2D eigenvalue weighted by Gasteiger charge is -2.09. The minimum atomic E-state index is -0.902. The second-order valence-corrected chi connectivity index (χ2v) is 6.44. The Hall–Kier alpha value is -4.07. The number of nitrogens with zero attached hydrogens (tertiary/aromatic N) is 2. The number of imidazole rings is 1. The minimum absolute atomic E-state index is 0.111. The molecule has 2 aromatic heterocycles. The molecule has 4 rings (SSSR count). The number of H-pyrrole nitrogens is 1. The number of primary amides is 1. The van der Waals surface area contributed by atoms with E-state index >= 15 is 0 Å². The van der Waals surface area contributed by atoms with Crippen molar-refractivity contribution in [3.05, 3.63) is 72.4 Å². The number of nitrogens with one attached hydrogen (secondary N) is 2. The summed E-state index contributed by atoms with van der Waals surface area (Å²) in [4.78, 5) is 31.2. The Labute approximate surface area is 166 Å². The van der Waals surface area contributed by atoms with E-state index in [1.165, 1.54) is 0 Å². The number of carbonyl (C=O) groups excluding carboxylic acids is 2. The lowest BCUT2D eigenvalue weighted by atomic mass is 10.2. The first-order valence-corrected chi connectivity index (χ1v) is 9.02. The maximum Gasteiger partial charge on any atom is 0.410 e. The number of aromatic amines is 1. The molecule has 0 spiro atoms. The van der Waals surface area contributed by atoms with Crippen LogP contribution in [-0.2, 0) is 17.9 Å². The fraction of sp³-hybridized carbons (Fsp3) is 0.0952. The van der Waals surface area contributed by atoms with E-state index < -0.39 is 6.09 Å². The van der Waals surface area contributed by atoms with Crippen molar-refractivity contribution in [2.75, 3.05) is 0 Å². The third kappa shape index (κ3) is 4.11. The van der Waals surface area contributed by atoms with Crippen molar-refractivity contribution in [3.63, 3.8) is 0 Å². The normalized spacial score (nSPS) is 10.8. The predicted octanol–water partition coefficient (Wildman–Crippen LogP) is 2.81. The summed E-state index contributed by atoms with van der Waals surface area (Å²) in [7, 11) is 0. The van der Waals surface area contributed by atoms with E-state index in [1.54, 1.807) is 16.7 Å². The Morgan fingerprint density at radius 2 is 1.90 bits per heavy atom. The van der Waals surface area contributed by atoms with Gasteiger partial charge < -0.3 is 25.3 Å². The van der Waals surface area contributed by atoms with Gasteiger partial charge in [0.2, 0.25) is 5.91 Å². The van der Waals surface area contributed by atoms with E-state index in [0.29, 0.717) is 23.4 Å². The molecule has 29 heavy (non-hydrogen) atoms. The van der Waals surface area contributed by atoms with Gasteiger partial charge in [0.15, 0.2) is 11.6 Å². The zero-order valence-corrected chi connectivity index (χ0v) is 15.5. The van der Waals surface area contributed by atoms with Crippen LogP contribution in [0.1, 0.15) is 5.56 Å². The molecule has 146 valence electrons. The highest BCUT2D eigenvalue weighted by Crippen LogP contribution is 2.27. The smallest absolute Gasteiger partial charge is 0.408 e. The van der Waals surface area contributed by atoms with Crippen LogP contribution < -0.4 is 15.8 Å². The van der Waals surface area contributed by atoms with Gasteiger partial charge in [0.1, 0.15) is 12.1 Å². The number of fused-ring (bicyclic) bond motifs is 1. The van der Waals surface area contributed by atoms with Gasteiger partial charge in [-0.1, -0.05) is 36.4 Å². The molecule has 0 atom stereocenters. The molecule has 0 bridgehead atoms. The Kier molecular flexibility index (Phi) is 4.98. The van der Waals surface area contributed by atoms with E-state index in [0.717, 1.165) is 11.3 Å². The summed E-state index contributed by atoms with van der Waals surface area (Å²) in [5, 5.41) is 2.91. The molecule has 0 aliphatic heterocycles. The molecule has 0 saturated carbocycles. The van der Waals surface area contributed by atoms with Crippen LogP contribution >= 0.6 is 0 Å². The zero-order chi connectivity index (χ0) is 20.2. The van der Waals surface area contributed by atoms with Crippen molar-refractivity contribution in [1.29, 1.82) is 0 Å². The number of carbonyl (C=O) groups is 2. The van der Waals surface area contributed by atoms with Gasteiger partial charge in [0.25, 0.3) is 0 Å². The third-order valence-electron chi connectivity index (χ3n) is 4.40. The highest BCUT2D eigenvalue weighted by Gasteiger charge is 2.15. The predicted molar refractivity (Wildman–Crippen MR) is 108 cm³/mol. The molecule has 2 aromatic carbocycles. The summed E-state index contributed by atoms with van der Waals surface area (Å²) in [6, 6.07) is 18.6. The van der Waals surface area contributed by atoms with Crippen LogP contribution in [-0.4, -0.2) is 26.5 Å². The molecular formula is C21H19N5O3. The van der Waals surface area contributed by atoms with Crippen LogP contribution in [0.5, 0.6) is 5.75 Å². The SMILES string of the molecule is NC(=O)Oc1cccc2[nH]c(-c3cccn3CC(=O)NCc3ccccc3)nc12. The standard InChI is InChI=1S/C21H19N5O3/c22-21(28)29-17-10-4-8-15-19(17)25-20(24-15)16-9-5-11-26(16)13-18(27)23-12-14-6-2-1-3-7-14/h1-11H,12-13H2,(H2,22,28)(H,23,27)(H,24,25). The van der Waals surface area contributed by atoms with E-state index in [9.17, 15) is 9.59 Å². The summed E-state index contributed by atoms with van der Waals surface area (Å²) in [6.45, 7) is 0.617. The summed E-state index contributed by atoms with van der Waals surface area (Å²) in [6.07, 6.45) is 0.909. The number of rotatable bonds is 6. The van der Waals surface area contributed by atoms with Crippen LogP contribution in [0.2, 0.25) is 0 Å². The molecule has 4 N–H and O–H groups in total. The van der Waals surface area contributed by atoms with E-state index in [2.05, 4.69) is 15.3 Å². The summed E-state index contributed by atoms with van der Waals surface area (Å²) in [5.41, 5.74) is 8.07. The van der Waals surface area contributed by atoms with Gasteiger partial charge in [-0.2, -0.15) is 0 Å². The van der Waals surface area contributed by atoms with Gasteiger partial charge in [0, 0.05) is 12.7 Å². The number of aromatic nitrogens is 3. The van der Waals surface area contributed by atoms with Crippen LogP contribution in [0, 0.1) is 0 Å². The summed E-state index contributed by atoms with van der Waals surface area (Å²) >= 11 is 0.